The lowest BCUT2D eigenvalue weighted by molar-refractivity contribution is -0.105. The van der Waals surface area contributed by atoms with Gasteiger partial charge in [-0.15, -0.1) is 10.2 Å². The number of aromatic nitrogens is 3. The average Bonchev–Trinajstić information content (AvgIpc) is 3.20. The van der Waals surface area contributed by atoms with Gasteiger partial charge in [0, 0.05) is 13.2 Å². The van der Waals surface area contributed by atoms with Gasteiger partial charge in [0.25, 0.3) is 11.8 Å². The number of amides is 2. The van der Waals surface area contributed by atoms with Crippen LogP contribution in [0.15, 0.2) is 40.9 Å². The van der Waals surface area contributed by atoms with Crippen LogP contribution >= 0.6 is 0 Å². The van der Waals surface area contributed by atoms with Crippen LogP contribution in [0.5, 0.6) is 0 Å². The van der Waals surface area contributed by atoms with E-state index in [-0.39, 0.29) is 23.7 Å². The Bertz CT molecular complexity index is 1020. The average molecular weight is 405 g/mol. The van der Waals surface area contributed by atoms with Crippen molar-refractivity contribution >= 4 is 18.0 Å². The van der Waals surface area contributed by atoms with E-state index in [4.69, 9.17) is 4.42 Å². The second kappa shape index (κ2) is 8.50. The summed E-state index contributed by atoms with van der Waals surface area (Å²) < 4.78 is 43.4. The molecule has 0 aliphatic heterocycles. The first-order valence-corrected chi connectivity index (χ1v) is 8.21. The Morgan fingerprint density at radius 2 is 2.07 bits per heavy atom. The number of anilines is 1. The highest BCUT2D eigenvalue weighted by molar-refractivity contribution is 6.01. The van der Waals surface area contributed by atoms with Gasteiger partial charge in [0.1, 0.15) is 5.82 Å². The number of carbonyl (C=O) groups is 2. The number of alkyl halides is 2. The zero-order valence-electron chi connectivity index (χ0n) is 15.0. The fourth-order valence-electron chi connectivity index (χ4n) is 2.49. The highest BCUT2D eigenvalue weighted by Crippen LogP contribution is 2.23. The van der Waals surface area contributed by atoms with Crippen molar-refractivity contribution < 1.29 is 27.2 Å². The fourth-order valence-corrected chi connectivity index (χ4v) is 2.49. The molecular weight excluding hydrogens is 391 g/mol. The molecule has 3 aromatic rings. The van der Waals surface area contributed by atoms with Crippen molar-refractivity contribution in [3.8, 4) is 11.5 Å². The fraction of sp³-hybridized carbons (Fsp3) is 0.167. The van der Waals surface area contributed by atoms with Crippen LogP contribution in [0.4, 0.5) is 18.9 Å². The lowest BCUT2D eigenvalue weighted by Gasteiger charge is -2.18. The zero-order chi connectivity index (χ0) is 21.0. The Morgan fingerprint density at radius 1 is 1.28 bits per heavy atom. The molecule has 0 radical (unpaired) electrons. The second-order valence-electron chi connectivity index (χ2n) is 5.90. The molecule has 1 aromatic carbocycles. The third kappa shape index (κ3) is 4.57. The van der Waals surface area contributed by atoms with E-state index < -0.39 is 24.0 Å². The molecule has 0 aliphatic rings. The molecule has 0 atom stereocenters. The van der Waals surface area contributed by atoms with Gasteiger partial charge in [-0.05, 0) is 30.3 Å². The van der Waals surface area contributed by atoms with E-state index in [2.05, 4.69) is 20.5 Å². The second-order valence-corrected chi connectivity index (χ2v) is 5.90. The number of nitrogens with one attached hydrogen (secondary N) is 1. The Morgan fingerprint density at radius 3 is 2.69 bits per heavy atom. The number of pyridine rings is 1. The van der Waals surface area contributed by atoms with E-state index in [0.717, 1.165) is 12.1 Å². The summed E-state index contributed by atoms with van der Waals surface area (Å²) in [5, 5.41) is 9.12. The van der Waals surface area contributed by atoms with Crippen LogP contribution in [0, 0.1) is 5.82 Å². The summed E-state index contributed by atoms with van der Waals surface area (Å²) in [7, 11) is 1.49. The van der Waals surface area contributed by atoms with Crippen LogP contribution in [0.2, 0.25) is 0 Å². The van der Waals surface area contributed by atoms with Gasteiger partial charge in [-0.3, -0.25) is 14.6 Å². The molecule has 2 amide bonds. The van der Waals surface area contributed by atoms with Gasteiger partial charge >= 0.3 is 6.43 Å². The van der Waals surface area contributed by atoms with Crippen LogP contribution in [0.25, 0.3) is 11.5 Å². The first kappa shape index (κ1) is 20.0. The molecule has 29 heavy (non-hydrogen) atoms. The Balaban J connectivity index is 1.73. The molecule has 3 rings (SSSR count). The van der Waals surface area contributed by atoms with Gasteiger partial charge in [0.05, 0.1) is 29.1 Å². The quantitative estimate of drug-likeness (QED) is 0.607. The van der Waals surface area contributed by atoms with Gasteiger partial charge in [0.2, 0.25) is 12.3 Å². The summed E-state index contributed by atoms with van der Waals surface area (Å²) >= 11 is 0. The summed E-state index contributed by atoms with van der Waals surface area (Å²) in [6.07, 6.45) is -1.14. The number of rotatable bonds is 7. The highest BCUT2D eigenvalue weighted by atomic mass is 19.3. The van der Waals surface area contributed by atoms with E-state index in [1.165, 1.54) is 30.3 Å². The molecule has 2 heterocycles. The van der Waals surface area contributed by atoms with Gasteiger partial charge in [0.15, 0.2) is 0 Å². The Kier molecular flexibility index (Phi) is 5.86. The van der Waals surface area contributed by atoms with E-state index >= 15 is 0 Å². The number of hydrogen-bond acceptors (Lipinski definition) is 6. The van der Waals surface area contributed by atoms with Crippen LogP contribution < -0.4 is 5.32 Å². The standard InChI is InChI=1S/C18H14F3N5O3/c1-26(18(28)13-6-11(19)3-5-14(13)23-9-27)8-12-4-2-10(7-22-12)16-24-25-17(29-16)15(20)21/h2-7,9,15H,8H2,1H3,(H,23,27). The maximum absolute atomic E-state index is 13.5. The smallest absolute Gasteiger partial charge is 0.314 e. The maximum atomic E-state index is 13.5. The normalized spacial score (nSPS) is 10.8. The van der Waals surface area contributed by atoms with Crippen LogP contribution in [-0.4, -0.2) is 39.4 Å². The van der Waals surface area contributed by atoms with Crippen LogP contribution in [0.1, 0.15) is 28.4 Å². The molecular formula is C18H14F3N5O3. The minimum Gasteiger partial charge on any atom is -0.415 e. The summed E-state index contributed by atoms with van der Waals surface area (Å²) in [6.45, 7) is 0.0717. The molecule has 150 valence electrons. The van der Waals surface area contributed by atoms with Crippen molar-refractivity contribution in [3.05, 3.63) is 59.5 Å². The highest BCUT2D eigenvalue weighted by Gasteiger charge is 2.19. The van der Waals surface area contributed by atoms with Crippen LogP contribution in [-0.2, 0) is 11.3 Å². The largest absolute Gasteiger partial charge is 0.415 e. The molecule has 0 saturated carbocycles. The Labute approximate surface area is 162 Å². The minimum absolute atomic E-state index is 0.0124. The van der Waals surface area contributed by atoms with E-state index in [9.17, 15) is 22.8 Å². The zero-order valence-corrected chi connectivity index (χ0v) is 15.0. The lowest BCUT2D eigenvalue weighted by atomic mass is 10.1. The Hall–Kier alpha value is -3.76. The van der Waals surface area contributed by atoms with E-state index in [0.29, 0.717) is 17.7 Å². The number of carbonyl (C=O) groups excluding carboxylic acids is 2. The molecule has 0 unspecified atom stereocenters. The lowest BCUT2D eigenvalue weighted by Crippen LogP contribution is -2.27. The third-order valence-electron chi connectivity index (χ3n) is 3.87. The third-order valence-corrected chi connectivity index (χ3v) is 3.87. The minimum atomic E-state index is -2.87. The summed E-state index contributed by atoms with van der Waals surface area (Å²) in [5.41, 5.74) is 0.971. The SMILES string of the molecule is CN(Cc1ccc(-c2nnc(C(F)F)o2)cn1)C(=O)c1cc(F)ccc1NC=O. The van der Waals surface area contributed by atoms with Crippen LogP contribution in [0.3, 0.4) is 0 Å². The predicted octanol–water partition coefficient (Wildman–Crippen LogP) is 3.05. The molecule has 2 aromatic heterocycles. The van der Waals surface area contributed by atoms with E-state index in [1.54, 1.807) is 6.07 Å². The van der Waals surface area contributed by atoms with Crippen molar-refractivity contribution in [1.82, 2.24) is 20.1 Å². The van der Waals surface area contributed by atoms with Crippen molar-refractivity contribution in [2.75, 3.05) is 12.4 Å². The monoisotopic (exact) mass is 405 g/mol. The summed E-state index contributed by atoms with van der Waals surface area (Å²) in [4.78, 5) is 28.7. The van der Waals surface area contributed by atoms with Crippen molar-refractivity contribution in [3.63, 3.8) is 0 Å². The molecule has 0 spiro atoms. The van der Waals surface area contributed by atoms with Crippen molar-refractivity contribution in [2.45, 2.75) is 13.0 Å². The molecule has 1 N–H and O–H groups in total. The molecule has 11 heteroatoms. The first-order valence-electron chi connectivity index (χ1n) is 8.21. The molecule has 0 aliphatic carbocycles. The molecule has 0 saturated heterocycles. The topological polar surface area (TPSA) is 101 Å². The summed E-state index contributed by atoms with van der Waals surface area (Å²) in [6, 6.07) is 6.53. The van der Waals surface area contributed by atoms with Gasteiger partial charge < -0.3 is 14.6 Å². The van der Waals surface area contributed by atoms with Crippen molar-refractivity contribution in [2.24, 2.45) is 0 Å². The van der Waals surface area contributed by atoms with Gasteiger partial charge in [-0.2, -0.15) is 8.78 Å². The number of halogens is 3. The van der Waals surface area contributed by atoms with Gasteiger partial charge in [-0.1, -0.05) is 0 Å². The van der Waals surface area contributed by atoms with Gasteiger partial charge in [-0.25, -0.2) is 4.39 Å². The summed E-state index contributed by atoms with van der Waals surface area (Å²) in [5.74, 6) is -2.04. The number of benzene rings is 1. The number of hydrogen-bond donors (Lipinski definition) is 1. The molecule has 8 nitrogen and oxygen atoms in total. The maximum Gasteiger partial charge on any atom is 0.314 e. The first-order chi connectivity index (χ1) is 13.9. The van der Waals surface area contributed by atoms with Crippen molar-refractivity contribution in [1.29, 1.82) is 0 Å². The number of nitrogens with zero attached hydrogens (tertiary/aromatic N) is 4. The van der Waals surface area contributed by atoms with E-state index in [1.807, 2.05) is 0 Å². The molecule has 0 bridgehead atoms. The predicted molar refractivity (Wildman–Crippen MR) is 94.4 cm³/mol. The molecule has 0 fully saturated rings.